The number of likely N-dealkylation sites (N-methyl/N-ethyl adjacent to an activating group) is 1. The molecule has 17 heavy (non-hydrogen) atoms. The van der Waals surface area contributed by atoms with E-state index in [1.807, 2.05) is 11.9 Å². The van der Waals surface area contributed by atoms with Crippen LogP contribution in [0.1, 0.15) is 6.42 Å². The molecule has 0 aromatic rings. The standard InChI is InChI=1S/C12H23N3O2/c1-14-5-3-10(8-14)9-15(2)12(16)11-7-13-4-6-17-11/h10-11,13H,3-9H2,1-2H3. The molecule has 0 saturated carbocycles. The average molecular weight is 241 g/mol. The topological polar surface area (TPSA) is 44.8 Å². The highest BCUT2D eigenvalue weighted by atomic mass is 16.5. The first-order chi connectivity index (χ1) is 8.16. The van der Waals surface area contributed by atoms with Gasteiger partial charge < -0.3 is 19.9 Å². The average Bonchev–Trinajstić information content (AvgIpc) is 2.75. The number of carbonyl (C=O) groups is 1. The van der Waals surface area contributed by atoms with Crippen LogP contribution in [-0.2, 0) is 9.53 Å². The van der Waals surface area contributed by atoms with Crippen molar-refractivity contribution in [2.24, 2.45) is 5.92 Å². The van der Waals surface area contributed by atoms with E-state index >= 15 is 0 Å². The van der Waals surface area contributed by atoms with Crippen LogP contribution in [0.5, 0.6) is 0 Å². The monoisotopic (exact) mass is 241 g/mol. The number of amides is 1. The number of rotatable bonds is 3. The molecule has 0 aliphatic carbocycles. The summed E-state index contributed by atoms with van der Waals surface area (Å²) in [5.41, 5.74) is 0. The zero-order valence-corrected chi connectivity index (χ0v) is 10.8. The minimum absolute atomic E-state index is 0.117. The van der Waals surface area contributed by atoms with Crippen molar-refractivity contribution in [1.29, 1.82) is 0 Å². The second kappa shape index (κ2) is 5.80. The van der Waals surface area contributed by atoms with Crippen LogP contribution < -0.4 is 5.32 Å². The van der Waals surface area contributed by atoms with Crippen LogP contribution >= 0.6 is 0 Å². The molecule has 0 aromatic heterocycles. The Hall–Kier alpha value is -0.650. The maximum Gasteiger partial charge on any atom is 0.252 e. The first-order valence-electron chi connectivity index (χ1n) is 6.42. The molecule has 1 amide bonds. The fourth-order valence-corrected chi connectivity index (χ4v) is 2.62. The number of ether oxygens (including phenoxy) is 1. The quantitative estimate of drug-likeness (QED) is 0.715. The molecule has 5 nitrogen and oxygen atoms in total. The number of nitrogens with one attached hydrogen (secondary N) is 1. The highest BCUT2D eigenvalue weighted by molar-refractivity contribution is 5.81. The van der Waals surface area contributed by atoms with Crippen LogP contribution in [0.4, 0.5) is 0 Å². The Labute approximate surface area is 103 Å². The smallest absolute Gasteiger partial charge is 0.252 e. The summed E-state index contributed by atoms with van der Waals surface area (Å²) in [5, 5.41) is 3.19. The van der Waals surface area contributed by atoms with Crippen LogP contribution in [0.15, 0.2) is 0 Å². The molecule has 5 heteroatoms. The van der Waals surface area contributed by atoms with Crippen molar-refractivity contribution >= 4 is 5.91 Å². The third-order valence-electron chi connectivity index (χ3n) is 3.60. The Kier molecular flexibility index (Phi) is 4.36. The summed E-state index contributed by atoms with van der Waals surface area (Å²) in [6.07, 6.45) is 0.908. The van der Waals surface area contributed by atoms with E-state index in [2.05, 4.69) is 17.3 Å². The van der Waals surface area contributed by atoms with E-state index in [9.17, 15) is 4.79 Å². The maximum atomic E-state index is 12.1. The van der Waals surface area contributed by atoms with Crippen molar-refractivity contribution in [3.63, 3.8) is 0 Å². The Bertz CT molecular complexity index is 266. The Morgan fingerprint density at radius 3 is 3.00 bits per heavy atom. The van der Waals surface area contributed by atoms with Gasteiger partial charge in [-0.05, 0) is 25.9 Å². The van der Waals surface area contributed by atoms with E-state index in [0.29, 0.717) is 19.1 Å². The van der Waals surface area contributed by atoms with Gasteiger partial charge in [0.15, 0.2) is 0 Å². The van der Waals surface area contributed by atoms with Gasteiger partial charge in [-0.2, -0.15) is 0 Å². The highest BCUT2D eigenvalue weighted by Crippen LogP contribution is 2.15. The minimum Gasteiger partial charge on any atom is -0.366 e. The molecular formula is C12H23N3O2. The molecule has 0 aromatic carbocycles. The molecule has 0 spiro atoms. The van der Waals surface area contributed by atoms with Gasteiger partial charge in [0.05, 0.1) is 6.61 Å². The molecule has 0 radical (unpaired) electrons. The van der Waals surface area contributed by atoms with Gasteiger partial charge >= 0.3 is 0 Å². The van der Waals surface area contributed by atoms with Crippen molar-refractivity contribution in [3.05, 3.63) is 0 Å². The predicted molar refractivity (Wildman–Crippen MR) is 65.9 cm³/mol. The van der Waals surface area contributed by atoms with Crippen molar-refractivity contribution < 1.29 is 9.53 Å². The van der Waals surface area contributed by atoms with Crippen LogP contribution in [-0.4, -0.2) is 75.2 Å². The number of hydrogen-bond donors (Lipinski definition) is 1. The summed E-state index contributed by atoms with van der Waals surface area (Å²) >= 11 is 0. The Balaban J connectivity index is 1.78. The van der Waals surface area contributed by atoms with Crippen molar-refractivity contribution in [2.75, 3.05) is 53.4 Å². The summed E-state index contributed by atoms with van der Waals surface area (Å²) in [4.78, 5) is 16.3. The molecule has 2 heterocycles. The first-order valence-corrected chi connectivity index (χ1v) is 6.42. The fraction of sp³-hybridized carbons (Fsp3) is 0.917. The number of nitrogens with zero attached hydrogens (tertiary/aromatic N) is 2. The molecule has 2 rings (SSSR count). The van der Waals surface area contributed by atoms with Crippen molar-refractivity contribution in [1.82, 2.24) is 15.1 Å². The van der Waals surface area contributed by atoms with Gasteiger partial charge in [0, 0.05) is 33.2 Å². The van der Waals surface area contributed by atoms with E-state index in [-0.39, 0.29) is 12.0 Å². The number of morpholine rings is 1. The van der Waals surface area contributed by atoms with Crippen molar-refractivity contribution in [2.45, 2.75) is 12.5 Å². The molecule has 1 N–H and O–H groups in total. The minimum atomic E-state index is -0.284. The van der Waals surface area contributed by atoms with Crippen LogP contribution in [0, 0.1) is 5.92 Å². The number of likely N-dealkylation sites (tertiary alicyclic amines) is 1. The maximum absolute atomic E-state index is 12.1. The zero-order chi connectivity index (χ0) is 12.3. The molecular weight excluding hydrogens is 218 g/mol. The Morgan fingerprint density at radius 1 is 1.59 bits per heavy atom. The zero-order valence-electron chi connectivity index (χ0n) is 10.8. The number of hydrogen-bond acceptors (Lipinski definition) is 4. The number of carbonyl (C=O) groups excluding carboxylic acids is 1. The summed E-state index contributed by atoms with van der Waals surface area (Å²) in [6.45, 7) is 5.23. The third-order valence-corrected chi connectivity index (χ3v) is 3.60. The molecule has 0 bridgehead atoms. The fourth-order valence-electron chi connectivity index (χ4n) is 2.62. The van der Waals surface area contributed by atoms with E-state index in [1.54, 1.807) is 0 Å². The van der Waals surface area contributed by atoms with Crippen LogP contribution in [0.3, 0.4) is 0 Å². The molecule has 2 atom stereocenters. The van der Waals surface area contributed by atoms with Crippen LogP contribution in [0.2, 0.25) is 0 Å². The highest BCUT2D eigenvalue weighted by Gasteiger charge is 2.28. The van der Waals surface area contributed by atoms with E-state index in [4.69, 9.17) is 4.74 Å². The first kappa shape index (κ1) is 12.8. The lowest BCUT2D eigenvalue weighted by atomic mass is 10.1. The third kappa shape index (κ3) is 3.40. The van der Waals surface area contributed by atoms with Crippen molar-refractivity contribution in [3.8, 4) is 0 Å². The summed E-state index contributed by atoms with van der Waals surface area (Å²) < 4.78 is 5.48. The molecule has 2 fully saturated rings. The molecule has 2 aliphatic heterocycles. The van der Waals surface area contributed by atoms with E-state index in [1.165, 1.54) is 6.42 Å². The molecule has 98 valence electrons. The lowest BCUT2D eigenvalue weighted by molar-refractivity contribution is -0.144. The van der Waals surface area contributed by atoms with Crippen LogP contribution in [0.25, 0.3) is 0 Å². The second-order valence-corrected chi connectivity index (χ2v) is 5.20. The summed E-state index contributed by atoms with van der Waals surface area (Å²) in [5.74, 6) is 0.734. The van der Waals surface area contributed by atoms with Gasteiger partial charge in [-0.3, -0.25) is 4.79 Å². The summed E-state index contributed by atoms with van der Waals surface area (Å²) in [7, 11) is 4.02. The van der Waals surface area contributed by atoms with Gasteiger partial charge in [-0.25, -0.2) is 0 Å². The van der Waals surface area contributed by atoms with Gasteiger partial charge in [-0.15, -0.1) is 0 Å². The lowest BCUT2D eigenvalue weighted by Crippen LogP contribution is -2.49. The largest absolute Gasteiger partial charge is 0.366 e. The lowest BCUT2D eigenvalue weighted by Gasteiger charge is -2.28. The van der Waals surface area contributed by atoms with E-state index < -0.39 is 0 Å². The van der Waals surface area contributed by atoms with Gasteiger partial charge in [-0.1, -0.05) is 0 Å². The molecule has 2 aliphatic rings. The summed E-state index contributed by atoms with van der Waals surface area (Å²) in [6, 6.07) is 0. The van der Waals surface area contributed by atoms with E-state index in [0.717, 1.165) is 26.2 Å². The SMILES string of the molecule is CN1CCC(CN(C)C(=O)C2CNCCO2)C1. The molecule has 2 unspecified atom stereocenters. The normalized spacial score (nSPS) is 30.5. The predicted octanol–water partition coefficient (Wildman–Crippen LogP) is -0.615. The molecule has 2 saturated heterocycles. The van der Waals surface area contributed by atoms with Gasteiger partial charge in [0.2, 0.25) is 0 Å². The Morgan fingerprint density at radius 2 is 2.41 bits per heavy atom. The van der Waals surface area contributed by atoms with Gasteiger partial charge in [0.1, 0.15) is 6.10 Å². The second-order valence-electron chi connectivity index (χ2n) is 5.20. The van der Waals surface area contributed by atoms with Gasteiger partial charge in [0.25, 0.3) is 5.91 Å².